The summed E-state index contributed by atoms with van der Waals surface area (Å²) in [6.07, 6.45) is -4.78. The fourth-order valence-electron chi connectivity index (χ4n) is 5.47. The molecule has 0 bridgehead atoms. The van der Waals surface area contributed by atoms with Crippen LogP contribution in [-0.4, -0.2) is 59.7 Å². The molecule has 7 atom stereocenters. The molecule has 232 valence electrons. The Morgan fingerprint density at radius 3 is 2.22 bits per heavy atom. The highest BCUT2D eigenvalue weighted by Crippen LogP contribution is 2.53. The monoisotopic (exact) mass is 616 g/mol. The summed E-state index contributed by atoms with van der Waals surface area (Å²) >= 11 is 0. The van der Waals surface area contributed by atoms with Crippen LogP contribution >= 0.6 is 0 Å². The van der Waals surface area contributed by atoms with Crippen molar-refractivity contribution in [3.8, 4) is 5.75 Å². The van der Waals surface area contributed by atoms with Crippen molar-refractivity contribution in [2.24, 2.45) is 11.8 Å². The third-order valence-electron chi connectivity index (χ3n) is 9.94. The molecule has 2 heterocycles. The molecule has 1 aliphatic carbocycles. The van der Waals surface area contributed by atoms with Gasteiger partial charge in [0.25, 0.3) is 0 Å². The lowest BCUT2D eigenvalue weighted by molar-refractivity contribution is -0.142. The van der Waals surface area contributed by atoms with Crippen molar-refractivity contribution in [1.82, 2.24) is 0 Å². The Balaban J connectivity index is 1.57. The van der Waals surface area contributed by atoms with Crippen molar-refractivity contribution in [1.29, 1.82) is 0 Å². The van der Waals surface area contributed by atoms with Crippen LogP contribution in [0, 0.1) is 11.8 Å². The second kappa shape index (κ2) is 10.9. The minimum Gasteiger partial charge on any atom is -0.491 e. The fourth-order valence-corrected chi connectivity index (χ4v) is 8.15. The van der Waals surface area contributed by atoms with E-state index in [2.05, 4.69) is 67.7 Å². The summed E-state index contributed by atoms with van der Waals surface area (Å²) in [6.45, 7) is 21.8. The molecule has 0 radical (unpaired) electrons. The van der Waals surface area contributed by atoms with E-state index in [4.69, 9.17) is 23.1 Å². The first-order chi connectivity index (χ1) is 18.6. The normalized spacial score (nSPS) is 29.7. The van der Waals surface area contributed by atoms with Gasteiger partial charge in [0.2, 0.25) is 0 Å². The lowest BCUT2D eigenvalue weighted by Gasteiger charge is -2.40. The van der Waals surface area contributed by atoms with E-state index in [0.29, 0.717) is 12.8 Å². The molecule has 0 aromatic heterocycles. The van der Waals surface area contributed by atoms with Crippen LogP contribution in [0.15, 0.2) is 24.3 Å². The summed E-state index contributed by atoms with van der Waals surface area (Å²) in [5.41, 5.74) is -0.758. The first-order valence-electron chi connectivity index (χ1n) is 14.6. The third-order valence-corrected chi connectivity index (χ3v) is 18.9. The van der Waals surface area contributed by atoms with E-state index in [0.717, 1.165) is 12.1 Å². The van der Waals surface area contributed by atoms with Crippen LogP contribution in [0.4, 0.5) is 13.2 Å². The molecule has 0 N–H and O–H groups in total. The summed E-state index contributed by atoms with van der Waals surface area (Å²) in [5.74, 6) is -0.0829. The molecule has 2 saturated heterocycles. The summed E-state index contributed by atoms with van der Waals surface area (Å²) in [6, 6.07) is 4.91. The number of halogens is 3. The van der Waals surface area contributed by atoms with Crippen molar-refractivity contribution in [3.63, 3.8) is 0 Å². The average Bonchev–Trinajstić information content (AvgIpc) is 3.40. The predicted molar refractivity (Wildman–Crippen MR) is 156 cm³/mol. The molecule has 4 rings (SSSR count). The first-order valence-corrected chi connectivity index (χ1v) is 20.4. The van der Waals surface area contributed by atoms with Crippen LogP contribution in [0.3, 0.4) is 0 Å². The lowest BCUT2D eigenvalue weighted by atomic mass is 9.87. The molecule has 1 saturated carbocycles. The number of carbonyl (C=O) groups is 1. The maximum atomic E-state index is 13.3. The molecule has 0 spiro atoms. The minimum absolute atomic E-state index is 0.00479. The molecule has 41 heavy (non-hydrogen) atoms. The SMILES string of the molecule is CC(C)(C)[Si](C)(C)OC(COc1cccc(C(F)(F)F)c1)C1O[C@@H]1[C@@H]1[C@H]2CC(=O)O[C@H]2C[C@H]1O[Si](C)(C)C(C)(C)C. The van der Waals surface area contributed by atoms with Gasteiger partial charge in [-0.3, -0.25) is 4.79 Å². The maximum absolute atomic E-state index is 13.3. The molecule has 2 aliphatic heterocycles. The highest BCUT2D eigenvalue weighted by atomic mass is 28.4. The number of rotatable bonds is 9. The number of benzene rings is 1. The zero-order valence-electron chi connectivity index (χ0n) is 26.1. The van der Waals surface area contributed by atoms with Gasteiger partial charge >= 0.3 is 12.1 Å². The Hall–Kier alpha value is -1.41. The van der Waals surface area contributed by atoms with Gasteiger partial charge in [0, 0.05) is 18.3 Å². The largest absolute Gasteiger partial charge is 0.491 e. The highest BCUT2D eigenvalue weighted by Gasteiger charge is 2.63. The smallest absolute Gasteiger partial charge is 0.416 e. The summed E-state index contributed by atoms with van der Waals surface area (Å²) in [7, 11) is -4.42. The van der Waals surface area contributed by atoms with Crippen molar-refractivity contribution in [2.75, 3.05) is 6.61 Å². The standard InChI is InChI=1S/C30H47F3O6Si2/c1-28(2,3)40(7,8)38-22-16-21-20(15-24(34)36-21)25(22)27-26(37-27)23(39-41(9,10)29(4,5)6)17-35-19-13-11-12-18(14-19)30(31,32)33/h11-14,20-23,25-27H,15-17H2,1-10H3/t20-,21-,22+,23?,25+,26?,27+/m0/s1. The second-order valence-electron chi connectivity index (χ2n) is 14.9. The molecule has 3 aliphatic rings. The van der Waals surface area contributed by atoms with Gasteiger partial charge in [-0.15, -0.1) is 0 Å². The summed E-state index contributed by atoms with van der Waals surface area (Å²) in [5, 5.41) is -0.0769. The summed E-state index contributed by atoms with van der Waals surface area (Å²) < 4.78 is 71.6. The maximum Gasteiger partial charge on any atom is 0.416 e. The van der Waals surface area contributed by atoms with E-state index >= 15 is 0 Å². The van der Waals surface area contributed by atoms with Crippen molar-refractivity contribution in [3.05, 3.63) is 29.8 Å². The molecule has 11 heteroatoms. The zero-order valence-corrected chi connectivity index (χ0v) is 28.1. The van der Waals surface area contributed by atoms with Gasteiger partial charge in [0.1, 0.15) is 30.7 Å². The number of fused-ring (bicyclic) bond motifs is 1. The predicted octanol–water partition coefficient (Wildman–Crippen LogP) is 7.58. The number of hydrogen-bond donors (Lipinski definition) is 0. The van der Waals surface area contributed by atoms with Crippen LogP contribution in [0.5, 0.6) is 5.75 Å². The Morgan fingerprint density at radius 2 is 1.63 bits per heavy atom. The van der Waals surface area contributed by atoms with Gasteiger partial charge in [-0.2, -0.15) is 13.2 Å². The van der Waals surface area contributed by atoms with Crippen molar-refractivity contribution >= 4 is 22.6 Å². The van der Waals surface area contributed by atoms with Crippen molar-refractivity contribution < 1.29 is 41.0 Å². The Bertz CT molecular complexity index is 1110. The lowest BCUT2D eigenvalue weighted by Crippen LogP contribution is -2.48. The highest BCUT2D eigenvalue weighted by molar-refractivity contribution is 6.74. The number of alkyl halides is 3. The second-order valence-corrected chi connectivity index (χ2v) is 24.5. The number of ether oxygens (including phenoxy) is 3. The first kappa shape index (κ1) is 32.5. The van der Waals surface area contributed by atoms with E-state index in [9.17, 15) is 18.0 Å². The molecule has 6 nitrogen and oxygen atoms in total. The van der Waals surface area contributed by atoms with E-state index in [1.165, 1.54) is 12.1 Å². The van der Waals surface area contributed by atoms with Crippen LogP contribution < -0.4 is 4.74 Å². The van der Waals surface area contributed by atoms with E-state index in [1.54, 1.807) is 0 Å². The Labute approximate surface area is 244 Å². The quantitative estimate of drug-likeness (QED) is 0.162. The van der Waals surface area contributed by atoms with Crippen LogP contribution in [0.2, 0.25) is 36.3 Å². The van der Waals surface area contributed by atoms with E-state index in [-0.39, 0.29) is 64.7 Å². The fraction of sp³-hybridized carbons (Fsp3) is 0.767. The average molecular weight is 617 g/mol. The number of epoxide rings is 1. The molecule has 2 unspecified atom stereocenters. The molecular weight excluding hydrogens is 569 g/mol. The van der Waals surface area contributed by atoms with Gasteiger partial charge in [-0.25, -0.2) is 0 Å². The van der Waals surface area contributed by atoms with Crippen molar-refractivity contribution in [2.45, 2.75) is 127 Å². The number of carbonyl (C=O) groups excluding carboxylic acids is 1. The Morgan fingerprint density at radius 1 is 1.00 bits per heavy atom. The van der Waals surface area contributed by atoms with Gasteiger partial charge in [0.05, 0.1) is 24.2 Å². The zero-order chi connectivity index (χ0) is 30.8. The van der Waals surface area contributed by atoms with Gasteiger partial charge in [-0.1, -0.05) is 47.6 Å². The van der Waals surface area contributed by atoms with Gasteiger partial charge in [-0.05, 0) is 54.5 Å². The summed E-state index contributed by atoms with van der Waals surface area (Å²) in [4.78, 5) is 12.3. The molecule has 0 amide bonds. The van der Waals surface area contributed by atoms with Crippen LogP contribution in [-0.2, 0) is 29.3 Å². The van der Waals surface area contributed by atoms with Crippen LogP contribution in [0.1, 0.15) is 59.9 Å². The number of hydrogen-bond acceptors (Lipinski definition) is 6. The molecule has 3 fully saturated rings. The third kappa shape index (κ3) is 7.05. The van der Waals surface area contributed by atoms with Gasteiger partial charge in [0.15, 0.2) is 16.6 Å². The Kier molecular flexibility index (Phi) is 8.68. The minimum atomic E-state index is -4.46. The van der Waals surface area contributed by atoms with Crippen LogP contribution in [0.25, 0.3) is 0 Å². The topological polar surface area (TPSA) is 66.5 Å². The van der Waals surface area contributed by atoms with E-state index in [1.807, 2.05) is 0 Å². The van der Waals surface area contributed by atoms with Gasteiger partial charge < -0.3 is 23.1 Å². The number of esters is 1. The van der Waals surface area contributed by atoms with E-state index < -0.39 is 34.5 Å². The molecule has 1 aromatic carbocycles. The molecule has 1 aromatic rings. The molecular formula is C30H47F3O6Si2.